The minimum absolute atomic E-state index is 0.211. The van der Waals surface area contributed by atoms with Crippen molar-refractivity contribution in [2.75, 3.05) is 27.4 Å². The highest BCUT2D eigenvalue weighted by atomic mass is 35.5. The third-order valence-electron chi connectivity index (χ3n) is 5.35. The van der Waals surface area contributed by atoms with Crippen LogP contribution in [0, 0.1) is 6.92 Å². The van der Waals surface area contributed by atoms with E-state index in [2.05, 4.69) is 17.1 Å². The Balaban J connectivity index is 1.87. The van der Waals surface area contributed by atoms with E-state index in [1.807, 2.05) is 25.1 Å². The van der Waals surface area contributed by atoms with Crippen molar-refractivity contribution in [2.24, 2.45) is 0 Å². The monoisotopic (exact) mass is 516 g/mol. The lowest BCUT2D eigenvalue weighted by atomic mass is 10.1. The molecule has 0 aliphatic rings. The Kier molecular flexibility index (Phi) is 9.51. The molecule has 35 heavy (non-hydrogen) atoms. The molecule has 7 nitrogen and oxygen atoms in total. The molecule has 0 radical (unpaired) electrons. The lowest BCUT2D eigenvalue weighted by molar-refractivity contribution is 0.0519. The van der Waals surface area contributed by atoms with Crippen LogP contribution >= 0.6 is 22.9 Å². The minimum atomic E-state index is -0.457. The van der Waals surface area contributed by atoms with Crippen molar-refractivity contribution in [3.8, 4) is 11.5 Å². The van der Waals surface area contributed by atoms with E-state index in [4.69, 9.17) is 25.8 Å². The van der Waals surface area contributed by atoms with Crippen LogP contribution in [0.3, 0.4) is 0 Å². The van der Waals surface area contributed by atoms with Gasteiger partial charge >= 0.3 is 5.97 Å². The zero-order valence-electron chi connectivity index (χ0n) is 20.3. The van der Waals surface area contributed by atoms with Gasteiger partial charge in [-0.15, -0.1) is 11.3 Å². The summed E-state index contributed by atoms with van der Waals surface area (Å²) in [4.78, 5) is 32.8. The Morgan fingerprint density at radius 3 is 2.34 bits per heavy atom. The van der Waals surface area contributed by atoms with Gasteiger partial charge in [-0.1, -0.05) is 41.9 Å². The molecule has 3 rings (SSSR count). The standard InChI is InChI=1S/C26H29ClN2O5S/c1-5-34-26(31)24-17(2)35-22(28-24)16-29(13-9-12-18-10-7-6-8-11-18)25(30)19-14-20(32-3)23(27)21(15-19)33-4/h6-8,10-11,14-15H,5,9,12-13,16H2,1-4H3. The van der Waals surface area contributed by atoms with E-state index in [9.17, 15) is 9.59 Å². The number of halogens is 1. The molecule has 0 fully saturated rings. The Labute approximate surface area is 214 Å². The highest BCUT2D eigenvalue weighted by molar-refractivity contribution is 7.11. The van der Waals surface area contributed by atoms with Gasteiger partial charge in [0, 0.05) is 17.0 Å². The summed E-state index contributed by atoms with van der Waals surface area (Å²) in [6.07, 6.45) is 1.58. The van der Waals surface area contributed by atoms with Crippen molar-refractivity contribution in [1.29, 1.82) is 0 Å². The molecule has 1 amide bonds. The smallest absolute Gasteiger partial charge is 0.358 e. The number of esters is 1. The van der Waals surface area contributed by atoms with Crippen molar-refractivity contribution in [3.05, 3.63) is 74.2 Å². The molecular weight excluding hydrogens is 488 g/mol. The summed E-state index contributed by atoms with van der Waals surface area (Å²) in [5, 5.41) is 0.961. The summed E-state index contributed by atoms with van der Waals surface area (Å²) in [7, 11) is 2.98. The summed E-state index contributed by atoms with van der Waals surface area (Å²) in [6.45, 7) is 4.60. The maximum Gasteiger partial charge on any atom is 0.358 e. The Hall–Kier alpha value is -3.10. The van der Waals surface area contributed by atoms with E-state index in [0.717, 1.165) is 17.7 Å². The molecule has 1 heterocycles. The Bertz CT molecular complexity index is 1140. The van der Waals surface area contributed by atoms with Crippen molar-refractivity contribution < 1.29 is 23.8 Å². The van der Waals surface area contributed by atoms with E-state index >= 15 is 0 Å². The van der Waals surface area contributed by atoms with E-state index in [0.29, 0.717) is 39.3 Å². The van der Waals surface area contributed by atoms with Crippen molar-refractivity contribution in [2.45, 2.75) is 33.2 Å². The quantitative estimate of drug-likeness (QED) is 0.310. The van der Waals surface area contributed by atoms with Crippen LogP contribution in [0.2, 0.25) is 5.02 Å². The van der Waals surface area contributed by atoms with Crippen LogP contribution in [0.5, 0.6) is 11.5 Å². The van der Waals surface area contributed by atoms with Crippen LogP contribution in [-0.4, -0.2) is 49.1 Å². The molecule has 0 atom stereocenters. The highest BCUT2D eigenvalue weighted by Crippen LogP contribution is 2.36. The molecule has 1 aromatic heterocycles. The first-order chi connectivity index (χ1) is 16.9. The number of nitrogens with zero attached hydrogens (tertiary/aromatic N) is 2. The van der Waals surface area contributed by atoms with Crippen molar-refractivity contribution >= 4 is 34.8 Å². The van der Waals surface area contributed by atoms with Crippen LogP contribution < -0.4 is 9.47 Å². The largest absolute Gasteiger partial charge is 0.495 e. The van der Waals surface area contributed by atoms with Gasteiger partial charge in [0.15, 0.2) is 5.69 Å². The number of rotatable bonds is 11. The SMILES string of the molecule is CCOC(=O)c1nc(CN(CCCc2ccccc2)C(=O)c2cc(OC)c(Cl)c(OC)c2)sc1C. The molecule has 0 unspecified atom stereocenters. The second kappa shape index (κ2) is 12.6. The summed E-state index contributed by atoms with van der Waals surface area (Å²) in [5.74, 6) is 0.0417. The average Bonchev–Trinajstić information content (AvgIpc) is 3.24. The van der Waals surface area contributed by atoms with Crippen LogP contribution in [0.25, 0.3) is 0 Å². The predicted molar refractivity (Wildman–Crippen MR) is 137 cm³/mol. The maximum absolute atomic E-state index is 13.6. The van der Waals surface area contributed by atoms with Gasteiger partial charge in [-0.3, -0.25) is 4.79 Å². The summed E-state index contributed by atoms with van der Waals surface area (Å²) >= 11 is 7.68. The van der Waals surface area contributed by atoms with Gasteiger partial charge in [-0.25, -0.2) is 9.78 Å². The van der Waals surface area contributed by atoms with Gasteiger partial charge in [0.05, 0.1) is 27.4 Å². The molecule has 0 aliphatic heterocycles. The number of benzene rings is 2. The normalized spacial score (nSPS) is 10.7. The number of hydrogen-bond acceptors (Lipinski definition) is 7. The van der Waals surface area contributed by atoms with Crippen LogP contribution in [-0.2, 0) is 17.7 Å². The fourth-order valence-corrected chi connectivity index (χ4v) is 4.82. The second-order valence-corrected chi connectivity index (χ2v) is 9.41. The Morgan fingerprint density at radius 2 is 1.74 bits per heavy atom. The number of ether oxygens (including phenoxy) is 3. The Morgan fingerprint density at radius 1 is 1.09 bits per heavy atom. The van der Waals surface area contributed by atoms with Gasteiger partial charge in [-0.2, -0.15) is 0 Å². The number of carbonyl (C=O) groups is 2. The van der Waals surface area contributed by atoms with E-state index < -0.39 is 5.97 Å². The fraction of sp³-hybridized carbons (Fsp3) is 0.346. The lowest BCUT2D eigenvalue weighted by Gasteiger charge is -2.23. The van der Waals surface area contributed by atoms with Gasteiger partial charge in [0.2, 0.25) is 0 Å². The third kappa shape index (κ3) is 6.74. The maximum atomic E-state index is 13.6. The summed E-state index contributed by atoms with van der Waals surface area (Å²) in [5.41, 5.74) is 1.88. The molecule has 9 heteroatoms. The number of aryl methyl sites for hydroxylation is 2. The van der Waals surface area contributed by atoms with Crippen LogP contribution in [0.15, 0.2) is 42.5 Å². The third-order valence-corrected chi connectivity index (χ3v) is 6.68. The number of methoxy groups -OCH3 is 2. The summed E-state index contributed by atoms with van der Waals surface area (Å²) < 4.78 is 15.8. The summed E-state index contributed by atoms with van der Waals surface area (Å²) in [6, 6.07) is 13.3. The first-order valence-corrected chi connectivity index (χ1v) is 12.5. The zero-order valence-corrected chi connectivity index (χ0v) is 21.9. The average molecular weight is 517 g/mol. The molecule has 0 saturated carbocycles. The van der Waals surface area contributed by atoms with Crippen LogP contribution in [0.1, 0.15) is 49.6 Å². The van der Waals surface area contributed by atoms with Crippen molar-refractivity contribution in [3.63, 3.8) is 0 Å². The number of hydrogen-bond donors (Lipinski definition) is 0. The minimum Gasteiger partial charge on any atom is -0.495 e. The molecule has 0 bridgehead atoms. The van der Waals surface area contributed by atoms with Gasteiger partial charge < -0.3 is 19.1 Å². The number of thiazole rings is 1. The first-order valence-electron chi connectivity index (χ1n) is 11.3. The van der Waals surface area contributed by atoms with E-state index in [1.165, 1.54) is 31.1 Å². The van der Waals surface area contributed by atoms with E-state index in [-0.39, 0.29) is 19.1 Å². The molecule has 0 spiro atoms. The molecule has 186 valence electrons. The fourth-order valence-electron chi connectivity index (χ4n) is 3.62. The van der Waals surface area contributed by atoms with E-state index in [1.54, 1.807) is 24.0 Å². The zero-order chi connectivity index (χ0) is 25.4. The topological polar surface area (TPSA) is 78.0 Å². The number of amides is 1. The molecule has 3 aromatic rings. The molecular formula is C26H29ClN2O5S. The van der Waals surface area contributed by atoms with Crippen molar-refractivity contribution in [1.82, 2.24) is 9.88 Å². The predicted octanol–water partition coefficient (Wildman–Crippen LogP) is 5.57. The molecule has 0 N–H and O–H groups in total. The molecule has 0 saturated heterocycles. The van der Waals surface area contributed by atoms with Gasteiger partial charge in [-0.05, 0) is 44.4 Å². The number of carbonyl (C=O) groups excluding carboxylic acids is 2. The lowest BCUT2D eigenvalue weighted by Crippen LogP contribution is -2.32. The second-order valence-electron chi connectivity index (χ2n) is 7.74. The van der Waals surface area contributed by atoms with Gasteiger partial charge in [0.25, 0.3) is 5.91 Å². The molecule has 2 aromatic carbocycles. The molecule has 0 aliphatic carbocycles. The number of aromatic nitrogens is 1. The van der Waals surface area contributed by atoms with Gasteiger partial charge in [0.1, 0.15) is 21.5 Å². The highest BCUT2D eigenvalue weighted by Gasteiger charge is 2.23. The first kappa shape index (κ1) is 26.5. The van der Waals surface area contributed by atoms with Crippen LogP contribution in [0.4, 0.5) is 0 Å².